The number of rotatable bonds is 5. The summed E-state index contributed by atoms with van der Waals surface area (Å²) in [6, 6.07) is 0. The monoisotopic (exact) mass is 218 g/mol. The maximum atomic E-state index is 11.3. The predicted octanol–water partition coefficient (Wildman–Crippen LogP) is 2.22. The Bertz CT molecular complexity index is 186. The fourth-order valence-electron chi connectivity index (χ4n) is 0.825. The number of hydrogen-bond acceptors (Lipinski definition) is 3. The van der Waals surface area contributed by atoms with E-state index >= 15 is 0 Å². The molecule has 0 aromatic carbocycles. The second-order valence-electron chi connectivity index (χ2n) is 4.54. The van der Waals surface area contributed by atoms with Crippen molar-refractivity contribution >= 4 is 14.0 Å². The van der Waals surface area contributed by atoms with E-state index in [2.05, 4.69) is 19.6 Å². The molecule has 0 bridgehead atoms. The average Bonchev–Trinajstić information content (AvgIpc) is 2.02. The van der Waals surface area contributed by atoms with E-state index in [1.807, 2.05) is 6.92 Å². The highest BCUT2D eigenvalue weighted by atomic mass is 28.3. The van der Waals surface area contributed by atoms with E-state index < -0.39 is 14.2 Å². The number of hydrogen-bond donors (Lipinski definition) is 0. The van der Waals surface area contributed by atoms with E-state index in [1.165, 1.54) is 0 Å². The van der Waals surface area contributed by atoms with Crippen LogP contribution in [0.5, 0.6) is 0 Å². The Balaban J connectivity index is 4.06. The van der Waals surface area contributed by atoms with Crippen molar-refractivity contribution in [1.82, 2.24) is 0 Å². The molecule has 0 saturated heterocycles. The van der Waals surface area contributed by atoms with Gasteiger partial charge in [0.05, 0.1) is 14.7 Å². The number of esters is 1. The lowest BCUT2D eigenvalue weighted by molar-refractivity contribution is -0.156. The van der Waals surface area contributed by atoms with Gasteiger partial charge in [-0.3, -0.25) is 0 Å². The quantitative estimate of drug-likeness (QED) is 0.524. The Kier molecular flexibility index (Phi) is 5.37. The molecule has 84 valence electrons. The summed E-state index contributed by atoms with van der Waals surface area (Å²) >= 11 is 0. The Hall–Kier alpha value is -0.353. The van der Waals surface area contributed by atoms with Crippen LogP contribution in [0.4, 0.5) is 0 Å². The first-order chi connectivity index (χ1) is 6.29. The van der Waals surface area contributed by atoms with Crippen molar-refractivity contribution in [3.05, 3.63) is 0 Å². The standard InChI is InChI=1S/C10H22O3Si/c1-7-12-10(11)8(2)13-9(3)14(4,5)6/h8-9H,7H2,1-6H3. The molecule has 0 aliphatic carbocycles. The third-order valence-corrected chi connectivity index (χ3v) is 4.82. The zero-order valence-electron chi connectivity index (χ0n) is 10.1. The van der Waals surface area contributed by atoms with Gasteiger partial charge in [-0.05, 0) is 20.8 Å². The molecule has 0 aliphatic heterocycles. The van der Waals surface area contributed by atoms with Gasteiger partial charge in [0.2, 0.25) is 0 Å². The molecule has 14 heavy (non-hydrogen) atoms. The molecule has 0 rings (SSSR count). The van der Waals surface area contributed by atoms with Crippen molar-refractivity contribution in [3.8, 4) is 0 Å². The lowest BCUT2D eigenvalue weighted by Crippen LogP contribution is -2.41. The normalized spacial score (nSPS) is 16.1. The maximum Gasteiger partial charge on any atom is 0.334 e. The molecule has 0 N–H and O–H groups in total. The molecule has 4 heteroatoms. The van der Waals surface area contributed by atoms with Gasteiger partial charge < -0.3 is 9.47 Å². The maximum absolute atomic E-state index is 11.3. The third kappa shape index (κ3) is 4.76. The largest absolute Gasteiger partial charge is 0.464 e. The second-order valence-corrected chi connectivity index (χ2v) is 10.1. The molecule has 0 aromatic rings. The minimum atomic E-state index is -1.32. The summed E-state index contributed by atoms with van der Waals surface area (Å²) in [5, 5.41) is 0. The van der Waals surface area contributed by atoms with Crippen LogP contribution in [0.2, 0.25) is 19.6 Å². The highest BCUT2D eigenvalue weighted by Gasteiger charge is 2.27. The van der Waals surface area contributed by atoms with Gasteiger partial charge in [-0.15, -0.1) is 0 Å². The van der Waals surface area contributed by atoms with Crippen LogP contribution in [0.1, 0.15) is 20.8 Å². The van der Waals surface area contributed by atoms with Crippen molar-refractivity contribution in [2.45, 2.75) is 52.2 Å². The van der Waals surface area contributed by atoms with E-state index in [0.29, 0.717) is 6.61 Å². The molecular weight excluding hydrogens is 196 g/mol. The van der Waals surface area contributed by atoms with Crippen LogP contribution in [0.25, 0.3) is 0 Å². The fourth-order valence-corrected chi connectivity index (χ4v) is 1.44. The Labute approximate surface area is 87.8 Å². The summed E-state index contributed by atoms with van der Waals surface area (Å²) in [6.07, 6.45) is -0.448. The van der Waals surface area contributed by atoms with Crippen LogP contribution >= 0.6 is 0 Å². The van der Waals surface area contributed by atoms with Gasteiger partial charge in [0, 0.05) is 5.73 Å². The van der Waals surface area contributed by atoms with Crippen molar-refractivity contribution in [1.29, 1.82) is 0 Å². The lowest BCUT2D eigenvalue weighted by Gasteiger charge is -2.27. The number of carbonyl (C=O) groups is 1. The van der Waals surface area contributed by atoms with Crippen LogP contribution < -0.4 is 0 Å². The molecule has 2 unspecified atom stereocenters. The van der Waals surface area contributed by atoms with E-state index in [0.717, 1.165) is 0 Å². The molecular formula is C10H22O3Si. The Morgan fingerprint density at radius 2 is 1.79 bits per heavy atom. The number of carbonyl (C=O) groups excluding carboxylic acids is 1. The summed E-state index contributed by atoms with van der Waals surface area (Å²) in [7, 11) is -1.32. The SMILES string of the molecule is CCOC(=O)C(C)OC(C)[Si](C)(C)C. The summed E-state index contributed by atoms with van der Waals surface area (Å²) in [4.78, 5) is 11.3. The topological polar surface area (TPSA) is 35.5 Å². The first kappa shape index (κ1) is 13.6. The van der Waals surface area contributed by atoms with E-state index in [4.69, 9.17) is 9.47 Å². The van der Waals surface area contributed by atoms with Crippen LogP contribution in [0, 0.1) is 0 Å². The minimum absolute atomic E-state index is 0.168. The van der Waals surface area contributed by atoms with Crippen LogP contribution in [-0.4, -0.2) is 32.5 Å². The van der Waals surface area contributed by atoms with Gasteiger partial charge in [0.15, 0.2) is 6.10 Å². The van der Waals surface area contributed by atoms with Gasteiger partial charge >= 0.3 is 5.97 Å². The van der Waals surface area contributed by atoms with Gasteiger partial charge in [-0.1, -0.05) is 19.6 Å². The molecule has 0 spiro atoms. The number of ether oxygens (including phenoxy) is 2. The molecule has 0 heterocycles. The van der Waals surface area contributed by atoms with Gasteiger partial charge in [0.25, 0.3) is 0 Å². The van der Waals surface area contributed by atoms with Crippen molar-refractivity contribution in [3.63, 3.8) is 0 Å². The molecule has 0 amide bonds. The average molecular weight is 218 g/mol. The van der Waals surface area contributed by atoms with Crippen molar-refractivity contribution in [2.24, 2.45) is 0 Å². The molecule has 0 aromatic heterocycles. The van der Waals surface area contributed by atoms with Crippen molar-refractivity contribution < 1.29 is 14.3 Å². The third-order valence-electron chi connectivity index (χ3n) is 2.25. The van der Waals surface area contributed by atoms with Crippen LogP contribution in [0.15, 0.2) is 0 Å². The molecule has 0 radical (unpaired) electrons. The van der Waals surface area contributed by atoms with E-state index in [9.17, 15) is 4.79 Å². The van der Waals surface area contributed by atoms with Crippen LogP contribution in [0.3, 0.4) is 0 Å². The summed E-state index contributed by atoms with van der Waals surface area (Å²) < 4.78 is 10.5. The zero-order valence-corrected chi connectivity index (χ0v) is 11.1. The Morgan fingerprint density at radius 1 is 1.29 bits per heavy atom. The van der Waals surface area contributed by atoms with E-state index in [-0.39, 0.29) is 11.7 Å². The summed E-state index contributed by atoms with van der Waals surface area (Å²) in [6.45, 7) is 12.6. The zero-order chi connectivity index (χ0) is 11.4. The van der Waals surface area contributed by atoms with Crippen molar-refractivity contribution in [2.75, 3.05) is 6.61 Å². The molecule has 0 aliphatic rings. The van der Waals surface area contributed by atoms with Gasteiger partial charge in [0.1, 0.15) is 0 Å². The first-order valence-electron chi connectivity index (χ1n) is 5.11. The molecule has 2 atom stereocenters. The second kappa shape index (κ2) is 5.51. The highest BCUT2D eigenvalue weighted by molar-refractivity contribution is 6.77. The van der Waals surface area contributed by atoms with Crippen LogP contribution in [-0.2, 0) is 14.3 Å². The smallest absolute Gasteiger partial charge is 0.334 e. The summed E-state index contributed by atoms with van der Waals surface area (Å²) in [5.41, 5.74) is 0.168. The van der Waals surface area contributed by atoms with Gasteiger partial charge in [-0.2, -0.15) is 0 Å². The Morgan fingerprint density at radius 3 is 2.14 bits per heavy atom. The summed E-state index contributed by atoms with van der Waals surface area (Å²) in [5.74, 6) is -0.266. The highest BCUT2D eigenvalue weighted by Crippen LogP contribution is 2.13. The predicted molar refractivity (Wildman–Crippen MR) is 60.0 cm³/mol. The minimum Gasteiger partial charge on any atom is -0.464 e. The van der Waals surface area contributed by atoms with E-state index in [1.54, 1.807) is 13.8 Å². The molecule has 0 fully saturated rings. The molecule has 0 saturated carbocycles. The van der Waals surface area contributed by atoms with Gasteiger partial charge in [-0.25, -0.2) is 4.79 Å². The fraction of sp³-hybridized carbons (Fsp3) is 0.900. The first-order valence-corrected chi connectivity index (χ1v) is 8.68. The molecule has 3 nitrogen and oxygen atoms in total. The lowest BCUT2D eigenvalue weighted by atomic mass is 10.4.